The molecule has 0 N–H and O–H groups in total. The smallest absolute Gasteiger partial charge is 0.270 e. The molecule has 1 heterocycles. The summed E-state index contributed by atoms with van der Waals surface area (Å²) in [5.41, 5.74) is 4.91. The van der Waals surface area contributed by atoms with E-state index < -0.39 is 0 Å². The van der Waals surface area contributed by atoms with Gasteiger partial charge in [0.2, 0.25) is 0 Å². The van der Waals surface area contributed by atoms with Crippen LogP contribution in [0, 0.1) is 30.9 Å². The SMILES string of the molecule is Cc1cn(Cc2ccc([N+](=O)[O-])cc2Br)c(C)c1C. The van der Waals surface area contributed by atoms with Crippen molar-refractivity contribution in [3.8, 4) is 0 Å². The molecule has 0 spiro atoms. The lowest BCUT2D eigenvalue weighted by atomic mass is 10.2. The molecule has 100 valence electrons. The predicted octanol–water partition coefficient (Wildman–Crippen LogP) is 4.13. The third kappa shape index (κ3) is 2.71. The maximum Gasteiger partial charge on any atom is 0.270 e. The second-order valence-electron chi connectivity index (χ2n) is 4.68. The van der Waals surface area contributed by atoms with Crippen LogP contribution < -0.4 is 0 Å². The molecule has 1 aromatic carbocycles. The Labute approximate surface area is 120 Å². The molecule has 2 aromatic rings. The molecule has 0 aliphatic heterocycles. The molecule has 0 saturated carbocycles. The van der Waals surface area contributed by atoms with Crippen molar-refractivity contribution in [2.75, 3.05) is 0 Å². The van der Waals surface area contributed by atoms with Gasteiger partial charge in [-0.1, -0.05) is 15.9 Å². The summed E-state index contributed by atoms with van der Waals surface area (Å²) in [4.78, 5) is 10.3. The van der Waals surface area contributed by atoms with Crippen LogP contribution in [0.4, 0.5) is 5.69 Å². The predicted molar refractivity (Wildman–Crippen MR) is 78.5 cm³/mol. The van der Waals surface area contributed by atoms with Crippen molar-refractivity contribution in [1.82, 2.24) is 4.57 Å². The number of nitro groups is 1. The van der Waals surface area contributed by atoms with Crippen LogP contribution in [0.3, 0.4) is 0 Å². The van der Waals surface area contributed by atoms with Gasteiger partial charge in [-0.15, -0.1) is 0 Å². The second-order valence-corrected chi connectivity index (χ2v) is 5.54. The van der Waals surface area contributed by atoms with Gasteiger partial charge in [0, 0.05) is 35.0 Å². The fraction of sp³-hybridized carbons (Fsp3) is 0.286. The van der Waals surface area contributed by atoms with Gasteiger partial charge >= 0.3 is 0 Å². The highest BCUT2D eigenvalue weighted by atomic mass is 79.9. The first kappa shape index (κ1) is 13.8. The molecule has 0 atom stereocenters. The van der Waals surface area contributed by atoms with Crippen molar-refractivity contribution in [1.29, 1.82) is 0 Å². The van der Waals surface area contributed by atoms with Crippen LogP contribution in [0.2, 0.25) is 0 Å². The molecular formula is C14H15BrN2O2. The van der Waals surface area contributed by atoms with E-state index in [9.17, 15) is 10.1 Å². The third-order valence-corrected chi connectivity index (χ3v) is 4.24. The van der Waals surface area contributed by atoms with Crippen LogP contribution >= 0.6 is 15.9 Å². The number of hydrogen-bond acceptors (Lipinski definition) is 2. The molecule has 2 rings (SSSR count). The first-order valence-corrected chi connectivity index (χ1v) is 6.75. The van der Waals surface area contributed by atoms with Crippen molar-refractivity contribution >= 4 is 21.6 Å². The Morgan fingerprint density at radius 3 is 2.47 bits per heavy atom. The average molecular weight is 323 g/mol. The minimum atomic E-state index is -0.385. The maximum atomic E-state index is 10.7. The number of halogens is 1. The molecule has 0 saturated heterocycles. The number of aryl methyl sites for hydroxylation is 1. The van der Waals surface area contributed by atoms with Crippen molar-refractivity contribution in [3.63, 3.8) is 0 Å². The number of nitro benzene ring substituents is 1. The number of hydrogen-bond donors (Lipinski definition) is 0. The summed E-state index contributed by atoms with van der Waals surface area (Å²) in [6.07, 6.45) is 2.11. The van der Waals surface area contributed by atoms with E-state index in [0.717, 1.165) is 10.0 Å². The molecule has 0 aliphatic carbocycles. The summed E-state index contributed by atoms with van der Waals surface area (Å²) < 4.78 is 2.93. The van der Waals surface area contributed by atoms with Gasteiger partial charge in [0.15, 0.2) is 0 Å². The molecule has 0 amide bonds. The maximum absolute atomic E-state index is 10.7. The molecule has 5 heteroatoms. The van der Waals surface area contributed by atoms with Gasteiger partial charge in [0.1, 0.15) is 0 Å². The molecule has 0 bridgehead atoms. The number of benzene rings is 1. The summed E-state index contributed by atoms with van der Waals surface area (Å²) in [5, 5.41) is 10.7. The molecule has 4 nitrogen and oxygen atoms in total. The summed E-state index contributed by atoms with van der Waals surface area (Å²) in [6, 6.07) is 4.89. The minimum Gasteiger partial charge on any atom is -0.347 e. The Bertz CT molecular complexity index is 647. The van der Waals surface area contributed by atoms with Crippen LogP contribution in [-0.2, 0) is 6.54 Å². The lowest BCUT2D eigenvalue weighted by Crippen LogP contribution is -2.02. The number of non-ortho nitro benzene ring substituents is 1. The zero-order valence-electron chi connectivity index (χ0n) is 11.1. The number of rotatable bonds is 3. The molecule has 0 aliphatic rings. The van der Waals surface area contributed by atoms with Crippen molar-refractivity contribution in [2.24, 2.45) is 0 Å². The van der Waals surface area contributed by atoms with Crippen LogP contribution in [0.5, 0.6) is 0 Å². The highest BCUT2D eigenvalue weighted by Crippen LogP contribution is 2.25. The lowest BCUT2D eigenvalue weighted by molar-refractivity contribution is -0.384. The van der Waals surface area contributed by atoms with Crippen molar-refractivity contribution in [2.45, 2.75) is 27.3 Å². The Morgan fingerprint density at radius 1 is 1.32 bits per heavy atom. The summed E-state index contributed by atoms with van der Waals surface area (Å²) in [7, 11) is 0. The average Bonchev–Trinajstić information content (AvgIpc) is 2.59. The number of aromatic nitrogens is 1. The van der Waals surface area contributed by atoms with E-state index in [2.05, 4.69) is 47.5 Å². The fourth-order valence-electron chi connectivity index (χ4n) is 2.05. The van der Waals surface area contributed by atoms with Crippen LogP contribution in [-0.4, -0.2) is 9.49 Å². The summed E-state index contributed by atoms with van der Waals surface area (Å²) in [6.45, 7) is 6.98. The molecule has 0 unspecified atom stereocenters. The minimum absolute atomic E-state index is 0.104. The van der Waals surface area contributed by atoms with Gasteiger partial charge < -0.3 is 4.57 Å². The topological polar surface area (TPSA) is 48.1 Å². The Kier molecular flexibility index (Phi) is 3.75. The zero-order chi connectivity index (χ0) is 14.2. The van der Waals surface area contributed by atoms with E-state index in [-0.39, 0.29) is 10.6 Å². The first-order chi connectivity index (χ1) is 8.90. The van der Waals surface area contributed by atoms with Gasteiger partial charge in [0.25, 0.3) is 5.69 Å². The fourth-order valence-corrected chi connectivity index (χ4v) is 2.55. The van der Waals surface area contributed by atoms with Crippen molar-refractivity contribution < 1.29 is 4.92 Å². The van der Waals surface area contributed by atoms with Crippen molar-refractivity contribution in [3.05, 3.63) is 61.4 Å². The highest BCUT2D eigenvalue weighted by Gasteiger charge is 2.11. The lowest BCUT2D eigenvalue weighted by Gasteiger charge is -2.08. The molecule has 0 radical (unpaired) electrons. The molecule has 1 aromatic heterocycles. The van der Waals surface area contributed by atoms with E-state index in [1.54, 1.807) is 18.2 Å². The molecule has 19 heavy (non-hydrogen) atoms. The number of nitrogens with zero attached hydrogens (tertiary/aromatic N) is 2. The Morgan fingerprint density at radius 2 is 2.00 bits per heavy atom. The molecular weight excluding hydrogens is 308 g/mol. The Balaban J connectivity index is 2.33. The van der Waals surface area contributed by atoms with Crippen LogP contribution in [0.25, 0.3) is 0 Å². The summed E-state index contributed by atoms with van der Waals surface area (Å²) >= 11 is 3.41. The second kappa shape index (κ2) is 5.17. The van der Waals surface area contributed by atoms with Crippen LogP contribution in [0.15, 0.2) is 28.9 Å². The van der Waals surface area contributed by atoms with E-state index in [1.165, 1.54) is 16.8 Å². The van der Waals surface area contributed by atoms with Gasteiger partial charge in [0.05, 0.1) is 4.92 Å². The van der Waals surface area contributed by atoms with E-state index in [4.69, 9.17) is 0 Å². The van der Waals surface area contributed by atoms with Crippen LogP contribution in [0.1, 0.15) is 22.4 Å². The van der Waals surface area contributed by atoms with Gasteiger partial charge in [-0.25, -0.2) is 0 Å². The quantitative estimate of drug-likeness (QED) is 0.630. The first-order valence-electron chi connectivity index (χ1n) is 5.96. The van der Waals surface area contributed by atoms with E-state index in [0.29, 0.717) is 6.54 Å². The highest BCUT2D eigenvalue weighted by molar-refractivity contribution is 9.10. The third-order valence-electron chi connectivity index (χ3n) is 3.50. The normalized spacial score (nSPS) is 10.7. The van der Waals surface area contributed by atoms with E-state index in [1.807, 2.05) is 0 Å². The largest absolute Gasteiger partial charge is 0.347 e. The zero-order valence-corrected chi connectivity index (χ0v) is 12.7. The molecule has 0 fully saturated rings. The van der Waals surface area contributed by atoms with Gasteiger partial charge in [-0.2, -0.15) is 0 Å². The summed E-state index contributed by atoms with van der Waals surface area (Å²) in [5.74, 6) is 0. The van der Waals surface area contributed by atoms with Gasteiger partial charge in [-0.3, -0.25) is 10.1 Å². The monoisotopic (exact) mass is 322 g/mol. The Hall–Kier alpha value is -1.62. The standard InChI is InChI=1S/C14H15BrN2O2/c1-9-7-16(11(3)10(9)2)8-12-4-5-13(17(18)19)6-14(12)15/h4-7H,8H2,1-3H3. The van der Waals surface area contributed by atoms with E-state index >= 15 is 0 Å². The van der Waals surface area contributed by atoms with Gasteiger partial charge in [-0.05, 0) is 43.5 Å².